The van der Waals surface area contributed by atoms with E-state index in [9.17, 15) is 34.5 Å². The molecule has 1 aromatic rings. The Bertz CT molecular complexity index is 1420. The molecule has 246 valence electrons. The number of fused-ring (bicyclic) bond motifs is 2. The van der Waals surface area contributed by atoms with Crippen LogP contribution in [-0.2, 0) is 38.1 Å². The molecule has 12 heteroatoms. The zero-order chi connectivity index (χ0) is 33.3. The van der Waals surface area contributed by atoms with Crippen LogP contribution in [0.5, 0.6) is 0 Å². The number of esters is 4. The highest BCUT2D eigenvalue weighted by atomic mass is 16.6. The van der Waals surface area contributed by atoms with E-state index in [1.807, 2.05) is 0 Å². The highest BCUT2D eigenvalue weighted by molar-refractivity contribution is 5.89. The van der Waals surface area contributed by atoms with E-state index in [1.54, 1.807) is 58.0 Å². The number of carbonyl (C=O) groups excluding carboxylic acids is 4. The molecule has 1 aromatic carbocycles. The second-order valence-corrected chi connectivity index (χ2v) is 13.5. The summed E-state index contributed by atoms with van der Waals surface area (Å²) in [5, 5.41) is 35.2. The maximum Gasteiger partial charge on any atom is 0.338 e. The summed E-state index contributed by atoms with van der Waals surface area (Å²) < 4.78 is 30.5. The number of benzene rings is 1. The van der Waals surface area contributed by atoms with Crippen LogP contribution in [0.25, 0.3) is 0 Å². The molecule has 5 rings (SSSR count). The van der Waals surface area contributed by atoms with Gasteiger partial charge in [-0.25, -0.2) is 4.79 Å². The van der Waals surface area contributed by atoms with Crippen molar-refractivity contribution in [2.75, 3.05) is 6.61 Å². The summed E-state index contributed by atoms with van der Waals surface area (Å²) in [6.45, 7) is 9.80. The number of ether oxygens (including phenoxy) is 5. The van der Waals surface area contributed by atoms with Crippen LogP contribution in [0.3, 0.4) is 0 Å². The number of aliphatic hydroxyl groups excluding tert-OH is 2. The first kappa shape index (κ1) is 33.1. The first-order valence-corrected chi connectivity index (χ1v) is 15.1. The van der Waals surface area contributed by atoms with E-state index < -0.39 is 88.5 Å². The molecule has 1 aliphatic heterocycles. The highest BCUT2D eigenvalue weighted by Crippen LogP contribution is 2.69. The van der Waals surface area contributed by atoms with Gasteiger partial charge >= 0.3 is 23.9 Å². The van der Waals surface area contributed by atoms with Gasteiger partial charge in [-0.2, -0.15) is 0 Å². The molecule has 4 aliphatic rings. The Balaban J connectivity index is 1.84. The zero-order valence-electron chi connectivity index (χ0n) is 26.6. The van der Waals surface area contributed by atoms with E-state index in [1.165, 1.54) is 20.8 Å². The smallest absolute Gasteiger partial charge is 0.338 e. The molecule has 0 radical (unpaired) electrons. The Hall–Kier alpha value is -3.32. The molecule has 10 atom stereocenters. The Morgan fingerprint density at radius 1 is 0.956 bits per heavy atom. The molecule has 0 aromatic heterocycles. The van der Waals surface area contributed by atoms with Crippen molar-refractivity contribution in [3.05, 3.63) is 47.0 Å². The largest absolute Gasteiger partial charge is 0.462 e. The number of carbonyl (C=O) groups is 4. The van der Waals surface area contributed by atoms with E-state index >= 15 is 0 Å². The fourth-order valence-electron chi connectivity index (χ4n) is 8.72. The van der Waals surface area contributed by atoms with Gasteiger partial charge in [0.25, 0.3) is 0 Å². The van der Waals surface area contributed by atoms with Crippen LogP contribution < -0.4 is 0 Å². The van der Waals surface area contributed by atoms with Crippen LogP contribution in [0.1, 0.15) is 71.7 Å². The minimum atomic E-state index is -1.96. The van der Waals surface area contributed by atoms with Gasteiger partial charge in [0.15, 0.2) is 12.2 Å². The van der Waals surface area contributed by atoms with Gasteiger partial charge in [-0.15, -0.1) is 0 Å². The molecular weight excluding hydrogens is 588 g/mol. The zero-order valence-corrected chi connectivity index (χ0v) is 26.6. The number of hydrogen-bond acceptors (Lipinski definition) is 12. The van der Waals surface area contributed by atoms with Crippen LogP contribution in [0, 0.1) is 16.7 Å². The third-order valence-electron chi connectivity index (χ3n) is 10.6. The quantitative estimate of drug-likeness (QED) is 0.237. The molecule has 2 saturated carbocycles. The Kier molecular flexibility index (Phi) is 8.21. The number of rotatable bonds is 6. The van der Waals surface area contributed by atoms with Gasteiger partial charge in [-0.05, 0) is 50.5 Å². The van der Waals surface area contributed by atoms with Crippen molar-refractivity contribution in [2.45, 2.75) is 109 Å². The highest BCUT2D eigenvalue weighted by Gasteiger charge is 2.79. The van der Waals surface area contributed by atoms with Crippen LogP contribution in [-0.4, -0.2) is 93.6 Å². The molecule has 1 heterocycles. The fraction of sp³-hybridized carbons (Fsp3) is 0.636. The second kappa shape index (κ2) is 11.2. The van der Waals surface area contributed by atoms with Gasteiger partial charge in [-0.3, -0.25) is 14.4 Å². The lowest BCUT2D eigenvalue weighted by molar-refractivity contribution is -0.249. The predicted octanol–water partition coefficient (Wildman–Crippen LogP) is 2.02. The summed E-state index contributed by atoms with van der Waals surface area (Å²) in [5.74, 6) is -3.98. The lowest BCUT2D eigenvalue weighted by Crippen LogP contribution is -2.70. The van der Waals surface area contributed by atoms with E-state index in [0.717, 1.165) is 0 Å². The maximum atomic E-state index is 13.6. The van der Waals surface area contributed by atoms with Crippen molar-refractivity contribution in [1.29, 1.82) is 0 Å². The van der Waals surface area contributed by atoms with Crippen molar-refractivity contribution in [2.24, 2.45) is 16.7 Å². The molecule has 12 nitrogen and oxygen atoms in total. The van der Waals surface area contributed by atoms with Crippen molar-refractivity contribution < 1.29 is 58.2 Å². The van der Waals surface area contributed by atoms with Crippen LogP contribution in [0.15, 0.2) is 41.5 Å². The summed E-state index contributed by atoms with van der Waals surface area (Å²) >= 11 is 0. The Labute approximate surface area is 261 Å². The van der Waals surface area contributed by atoms with Crippen molar-refractivity contribution in [1.82, 2.24) is 0 Å². The van der Waals surface area contributed by atoms with Gasteiger partial charge in [-0.1, -0.05) is 25.1 Å². The third kappa shape index (κ3) is 4.88. The normalized spacial score (nSPS) is 38.8. The van der Waals surface area contributed by atoms with Crippen molar-refractivity contribution in [3.63, 3.8) is 0 Å². The molecule has 0 amide bonds. The molecule has 0 spiro atoms. The van der Waals surface area contributed by atoms with E-state index in [-0.39, 0.29) is 25.0 Å². The van der Waals surface area contributed by atoms with Crippen LogP contribution in [0.2, 0.25) is 0 Å². The van der Waals surface area contributed by atoms with Gasteiger partial charge in [0, 0.05) is 33.1 Å². The molecule has 3 fully saturated rings. The van der Waals surface area contributed by atoms with Crippen LogP contribution in [0.4, 0.5) is 0 Å². The first-order chi connectivity index (χ1) is 20.9. The number of hydrogen-bond donors (Lipinski definition) is 3. The molecular formula is C33H42O12. The van der Waals surface area contributed by atoms with Crippen molar-refractivity contribution in [3.8, 4) is 0 Å². The van der Waals surface area contributed by atoms with E-state index in [0.29, 0.717) is 11.1 Å². The Morgan fingerprint density at radius 3 is 2.13 bits per heavy atom. The average Bonchev–Trinajstić information content (AvgIpc) is 3.43. The first-order valence-electron chi connectivity index (χ1n) is 15.1. The predicted molar refractivity (Wildman–Crippen MR) is 155 cm³/mol. The van der Waals surface area contributed by atoms with Crippen molar-refractivity contribution >= 4 is 23.9 Å². The topological polar surface area (TPSA) is 175 Å². The molecule has 3 aliphatic carbocycles. The van der Waals surface area contributed by atoms with Gasteiger partial charge in [0.05, 0.1) is 41.3 Å². The SMILES string of the molecule is CC(=O)OC1C2=C(C)C(O)CC2(C(C)(C)OC(=O)c2ccccc2)C2OCC3(O)C(O)CC(OC(C)=O)C(C)(C1OC(C)=O)C23. The lowest BCUT2D eigenvalue weighted by atomic mass is 9.52. The summed E-state index contributed by atoms with van der Waals surface area (Å²) in [6, 6.07) is 8.32. The maximum absolute atomic E-state index is 13.6. The van der Waals surface area contributed by atoms with Crippen LogP contribution >= 0.6 is 0 Å². The summed E-state index contributed by atoms with van der Waals surface area (Å²) in [6.07, 6.45) is -7.95. The minimum absolute atomic E-state index is 0.0879. The minimum Gasteiger partial charge on any atom is -0.462 e. The van der Waals surface area contributed by atoms with Gasteiger partial charge < -0.3 is 39.0 Å². The summed E-state index contributed by atoms with van der Waals surface area (Å²) in [5.41, 5.74) is -5.57. The summed E-state index contributed by atoms with van der Waals surface area (Å²) in [7, 11) is 0. The van der Waals surface area contributed by atoms with E-state index in [4.69, 9.17) is 23.7 Å². The van der Waals surface area contributed by atoms with E-state index in [2.05, 4.69) is 0 Å². The molecule has 1 saturated heterocycles. The Morgan fingerprint density at radius 2 is 1.56 bits per heavy atom. The van der Waals surface area contributed by atoms with Gasteiger partial charge in [0.2, 0.25) is 0 Å². The molecule has 10 unspecified atom stereocenters. The van der Waals surface area contributed by atoms with Gasteiger partial charge in [0.1, 0.15) is 17.3 Å². The molecule has 0 bridgehead atoms. The fourth-order valence-corrected chi connectivity index (χ4v) is 8.72. The molecule has 45 heavy (non-hydrogen) atoms. The average molecular weight is 631 g/mol. The third-order valence-corrected chi connectivity index (χ3v) is 10.6. The second-order valence-electron chi connectivity index (χ2n) is 13.5. The number of aliphatic hydroxyl groups is 3. The standard InChI is InChI=1S/C33H42O12/c1-16-21(37)14-32(30(5,6)45-29(39)20-11-9-8-10-12-20)24(16)25(43-18(3)35)27(44-19(4)36)31(7)23(42-17(2)34)13-22(38)33(40)15-41-28(32)26(31)33/h8-12,21-23,25-28,37-38,40H,13-15H2,1-7H3. The lowest BCUT2D eigenvalue weighted by Gasteiger charge is -2.56. The monoisotopic (exact) mass is 630 g/mol. The molecule has 3 N–H and O–H groups in total. The summed E-state index contributed by atoms with van der Waals surface area (Å²) in [4.78, 5) is 51.7.